The lowest BCUT2D eigenvalue weighted by molar-refractivity contribution is 0.0694. The molecule has 0 spiro atoms. The summed E-state index contributed by atoms with van der Waals surface area (Å²) in [5.41, 5.74) is 1.05. The number of nitrogens with zero attached hydrogens (tertiary/aromatic N) is 3. The van der Waals surface area contributed by atoms with E-state index in [1.807, 2.05) is 23.1 Å². The molecule has 1 saturated heterocycles. The second-order valence-corrected chi connectivity index (χ2v) is 7.65. The van der Waals surface area contributed by atoms with Crippen LogP contribution < -0.4 is 5.32 Å². The second kappa shape index (κ2) is 7.89. The molecule has 0 saturated carbocycles. The average molecular weight is 356 g/mol. The van der Waals surface area contributed by atoms with Gasteiger partial charge in [-0.05, 0) is 43.2 Å². The van der Waals surface area contributed by atoms with E-state index in [9.17, 15) is 9.59 Å². The summed E-state index contributed by atoms with van der Waals surface area (Å²) < 4.78 is 1.71. The highest BCUT2D eigenvalue weighted by atomic mass is 16.2. The first-order valence-electron chi connectivity index (χ1n) is 9.52. The third kappa shape index (κ3) is 3.89. The number of aromatic nitrogens is 2. The molecule has 0 radical (unpaired) electrons. The predicted octanol–water partition coefficient (Wildman–Crippen LogP) is 2.98. The number of imidazole rings is 1. The van der Waals surface area contributed by atoms with Gasteiger partial charge in [-0.2, -0.15) is 0 Å². The highest BCUT2D eigenvalue weighted by molar-refractivity contribution is 6.02. The first kappa shape index (κ1) is 18.4. The molecule has 1 N–H and O–H groups in total. The maximum atomic E-state index is 13.0. The monoisotopic (exact) mass is 356 g/mol. The summed E-state index contributed by atoms with van der Waals surface area (Å²) in [7, 11) is 0. The number of hydrogen-bond donors (Lipinski definition) is 1. The normalized spacial score (nSPS) is 15.6. The Hall–Kier alpha value is -2.37. The van der Waals surface area contributed by atoms with Crippen molar-refractivity contribution in [2.75, 3.05) is 19.6 Å². The van der Waals surface area contributed by atoms with Crippen LogP contribution in [0.15, 0.2) is 24.4 Å². The van der Waals surface area contributed by atoms with Crippen LogP contribution in [0.4, 0.5) is 0 Å². The summed E-state index contributed by atoms with van der Waals surface area (Å²) in [6, 6.07) is 5.56. The van der Waals surface area contributed by atoms with E-state index in [4.69, 9.17) is 0 Å². The molecule has 1 aliphatic heterocycles. The molecule has 0 unspecified atom stereocenters. The Labute approximate surface area is 154 Å². The van der Waals surface area contributed by atoms with Gasteiger partial charge in [0.1, 0.15) is 0 Å². The van der Waals surface area contributed by atoms with Gasteiger partial charge in [0.15, 0.2) is 5.69 Å². The highest BCUT2D eigenvalue weighted by Crippen LogP contribution is 2.21. The predicted molar refractivity (Wildman–Crippen MR) is 101 cm³/mol. The van der Waals surface area contributed by atoms with Gasteiger partial charge < -0.3 is 10.2 Å². The lowest BCUT2D eigenvalue weighted by atomic mass is 9.99. The van der Waals surface area contributed by atoms with Gasteiger partial charge in [0.25, 0.3) is 11.8 Å². The third-order valence-electron chi connectivity index (χ3n) is 5.03. The van der Waals surface area contributed by atoms with Gasteiger partial charge in [-0.25, -0.2) is 4.98 Å². The van der Waals surface area contributed by atoms with E-state index < -0.39 is 0 Å². The lowest BCUT2D eigenvalue weighted by Crippen LogP contribution is -2.38. The van der Waals surface area contributed by atoms with Crippen molar-refractivity contribution in [3.63, 3.8) is 0 Å². The fourth-order valence-corrected chi connectivity index (χ4v) is 3.27. The molecule has 0 aliphatic carbocycles. The molecular formula is C20H28N4O2. The number of rotatable bonds is 5. The SMILES string of the molecule is CC(C)CCNC(=O)c1nc(C(=O)N2CCC(C)CC2)c2ccccn12. The topological polar surface area (TPSA) is 66.7 Å². The van der Waals surface area contributed by atoms with Crippen LogP contribution in [-0.4, -0.2) is 45.7 Å². The van der Waals surface area contributed by atoms with Gasteiger partial charge in [-0.15, -0.1) is 0 Å². The number of carbonyl (C=O) groups excluding carboxylic acids is 2. The first-order valence-corrected chi connectivity index (χ1v) is 9.52. The molecule has 6 heteroatoms. The molecule has 0 aromatic carbocycles. The van der Waals surface area contributed by atoms with Crippen molar-refractivity contribution in [3.05, 3.63) is 35.9 Å². The van der Waals surface area contributed by atoms with Crippen LogP contribution in [0.1, 0.15) is 61.1 Å². The zero-order chi connectivity index (χ0) is 18.7. The number of likely N-dealkylation sites (tertiary alicyclic amines) is 1. The van der Waals surface area contributed by atoms with Gasteiger partial charge in [-0.1, -0.05) is 26.8 Å². The Kier molecular flexibility index (Phi) is 5.59. The maximum Gasteiger partial charge on any atom is 0.287 e. The van der Waals surface area contributed by atoms with Crippen LogP contribution in [0.5, 0.6) is 0 Å². The zero-order valence-corrected chi connectivity index (χ0v) is 15.9. The van der Waals surface area contributed by atoms with Crippen molar-refractivity contribution in [3.8, 4) is 0 Å². The van der Waals surface area contributed by atoms with E-state index in [-0.39, 0.29) is 17.6 Å². The summed E-state index contributed by atoms with van der Waals surface area (Å²) >= 11 is 0. The smallest absolute Gasteiger partial charge is 0.287 e. The quantitative estimate of drug-likeness (QED) is 0.896. The molecule has 140 valence electrons. The molecule has 2 amide bonds. The Morgan fingerprint density at radius 1 is 1.27 bits per heavy atom. The standard InChI is InChI=1S/C20H28N4O2/c1-14(2)7-10-21-19(25)18-22-17(16-6-4-5-11-24(16)18)20(26)23-12-8-15(3)9-13-23/h4-6,11,14-15H,7-10,12-13H2,1-3H3,(H,21,25). The number of amides is 2. The van der Waals surface area contributed by atoms with E-state index in [2.05, 4.69) is 31.1 Å². The summed E-state index contributed by atoms with van der Waals surface area (Å²) in [5.74, 6) is 1.13. The Morgan fingerprint density at radius 3 is 2.69 bits per heavy atom. The van der Waals surface area contributed by atoms with E-state index in [1.54, 1.807) is 10.6 Å². The minimum absolute atomic E-state index is 0.0816. The van der Waals surface area contributed by atoms with E-state index in [0.717, 1.165) is 32.4 Å². The molecule has 26 heavy (non-hydrogen) atoms. The van der Waals surface area contributed by atoms with Crippen molar-refractivity contribution in [2.24, 2.45) is 11.8 Å². The average Bonchev–Trinajstić information content (AvgIpc) is 3.01. The van der Waals surface area contributed by atoms with Crippen molar-refractivity contribution < 1.29 is 9.59 Å². The fraction of sp³-hybridized carbons (Fsp3) is 0.550. The van der Waals surface area contributed by atoms with Crippen LogP contribution >= 0.6 is 0 Å². The number of pyridine rings is 1. The van der Waals surface area contributed by atoms with E-state index in [1.165, 1.54) is 0 Å². The van der Waals surface area contributed by atoms with Crippen LogP contribution in [0.3, 0.4) is 0 Å². The molecule has 1 aliphatic rings. The molecule has 0 bridgehead atoms. The summed E-state index contributed by atoms with van der Waals surface area (Å²) in [6.07, 6.45) is 4.72. The molecule has 3 rings (SSSR count). The summed E-state index contributed by atoms with van der Waals surface area (Å²) in [4.78, 5) is 31.9. The number of fused-ring (bicyclic) bond motifs is 1. The maximum absolute atomic E-state index is 13.0. The minimum Gasteiger partial charge on any atom is -0.349 e. The van der Waals surface area contributed by atoms with Gasteiger partial charge in [0.05, 0.1) is 5.52 Å². The molecule has 1 fully saturated rings. The largest absolute Gasteiger partial charge is 0.349 e. The van der Waals surface area contributed by atoms with Crippen LogP contribution in [0, 0.1) is 11.8 Å². The number of nitrogens with one attached hydrogen (secondary N) is 1. The number of hydrogen-bond acceptors (Lipinski definition) is 3. The highest BCUT2D eigenvalue weighted by Gasteiger charge is 2.27. The molecule has 3 heterocycles. The number of piperidine rings is 1. The number of carbonyl (C=O) groups is 2. The Bertz CT molecular complexity index is 788. The molecule has 0 atom stereocenters. The molecular weight excluding hydrogens is 328 g/mol. The first-order chi connectivity index (χ1) is 12.5. The molecule has 2 aromatic rings. The minimum atomic E-state index is -0.238. The molecule has 2 aromatic heterocycles. The van der Waals surface area contributed by atoms with E-state index in [0.29, 0.717) is 29.6 Å². The van der Waals surface area contributed by atoms with Gasteiger partial charge >= 0.3 is 0 Å². The summed E-state index contributed by atoms with van der Waals surface area (Å²) in [6.45, 7) is 8.56. The molecule has 6 nitrogen and oxygen atoms in total. The zero-order valence-electron chi connectivity index (χ0n) is 15.9. The van der Waals surface area contributed by atoms with Gasteiger partial charge in [0.2, 0.25) is 5.82 Å². The van der Waals surface area contributed by atoms with Crippen molar-refractivity contribution in [2.45, 2.75) is 40.0 Å². The Morgan fingerprint density at radius 2 is 2.00 bits per heavy atom. The van der Waals surface area contributed by atoms with Crippen molar-refractivity contribution in [1.82, 2.24) is 19.6 Å². The lowest BCUT2D eigenvalue weighted by Gasteiger charge is -2.29. The third-order valence-corrected chi connectivity index (χ3v) is 5.03. The van der Waals surface area contributed by atoms with Gasteiger partial charge in [-0.3, -0.25) is 14.0 Å². The van der Waals surface area contributed by atoms with Crippen molar-refractivity contribution >= 4 is 17.3 Å². The van der Waals surface area contributed by atoms with Crippen LogP contribution in [-0.2, 0) is 0 Å². The Balaban J connectivity index is 1.85. The second-order valence-electron chi connectivity index (χ2n) is 7.65. The van der Waals surface area contributed by atoms with Crippen LogP contribution in [0.25, 0.3) is 5.52 Å². The van der Waals surface area contributed by atoms with E-state index >= 15 is 0 Å². The van der Waals surface area contributed by atoms with Crippen molar-refractivity contribution in [1.29, 1.82) is 0 Å². The van der Waals surface area contributed by atoms with Gasteiger partial charge in [0, 0.05) is 25.8 Å². The fourth-order valence-electron chi connectivity index (χ4n) is 3.27. The van der Waals surface area contributed by atoms with Crippen LogP contribution in [0.2, 0.25) is 0 Å². The summed E-state index contributed by atoms with van der Waals surface area (Å²) in [5, 5.41) is 2.91.